The first kappa shape index (κ1) is 12.8. The minimum Gasteiger partial charge on any atom is -0.379 e. The molecule has 6 heteroatoms. The zero-order valence-electron chi connectivity index (χ0n) is 11.2. The first-order valence-electron chi connectivity index (χ1n) is 7.01. The van der Waals surface area contributed by atoms with E-state index in [1.165, 1.54) is 11.3 Å². The van der Waals surface area contributed by atoms with E-state index in [0.29, 0.717) is 0 Å². The normalized spacial score (nSPS) is 20.0. The minimum absolute atomic E-state index is 0.854. The van der Waals surface area contributed by atoms with E-state index in [9.17, 15) is 0 Å². The summed E-state index contributed by atoms with van der Waals surface area (Å²) in [6, 6.07) is 0. The molecule has 0 unspecified atom stereocenters. The second kappa shape index (κ2) is 6.27. The van der Waals surface area contributed by atoms with Crippen LogP contribution in [0.4, 0.5) is 5.82 Å². The number of rotatable bonds is 4. The van der Waals surface area contributed by atoms with Gasteiger partial charge in [0, 0.05) is 51.3 Å². The lowest BCUT2D eigenvalue weighted by atomic mass is 10.1. The van der Waals surface area contributed by atoms with Crippen LogP contribution in [0.25, 0.3) is 0 Å². The first-order chi connectivity index (χ1) is 9.43. The molecule has 0 amide bonds. The number of hydrogen-bond donors (Lipinski definition) is 2. The van der Waals surface area contributed by atoms with Crippen molar-refractivity contribution in [3.8, 4) is 0 Å². The van der Waals surface area contributed by atoms with Crippen molar-refractivity contribution in [2.45, 2.75) is 13.0 Å². The molecule has 0 atom stereocenters. The Morgan fingerprint density at radius 1 is 1.32 bits per heavy atom. The fraction of sp³-hybridized carbons (Fsp3) is 0.692. The molecule has 3 heterocycles. The summed E-state index contributed by atoms with van der Waals surface area (Å²) in [6.07, 6.45) is 2.66. The van der Waals surface area contributed by atoms with E-state index < -0.39 is 0 Å². The van der Waals surface area contributed by atoms with Gasteiger partial charge in [-0.2, -0.15) is 0 Å². The van der Waals surface area contributed by atoms with Gasteiger partial charge in [0.15, 0.2) is 0 Å². The van der Waals surface area contributed by atoms with Crippen molar-refractivity contribution in [3.05, 3.63) is 17.6 Å². The number of nitrogens with one attached hydrogen (secondary N) is 2. The van der Waals surface area contributed by atoms with E-state index in [1.54, 1.807) is 6.33 Å². The van der Waals surface area contributed by atoms with E-state index in [1.807, 2.05) is 0 Å². The Morgan fingerprint density at radius 3 is 3.11 bits per heavy atom. The van der Waals surface area contributed by atoms with Crippen molar-refractivity contribution in [3.63, 3.8) is 0 Å². The van der Waals surface area contributed by atoms with Crippen LogP contribution in [0.3, 0.4) is 0 Å². The Labute approximate surface area is 113 Å². The van der Waals surface area contributed by atoms with Gasteiger partial charge in [-0.3, -0.25) is 4.90 Å². The van der Waals surface area contributed by atoms with Crippen LogP contribution in [0, 0.1) is 0 Å². The van der Waals surface area contributed by atoms with Gasteiger partial charge in [0.2, 0.25) is 0 Å². The summed E-state index contributed by atoms with van der Waals surface area (Å²) >= 11 is 0. The molecule has 19 heavy (non-hydrogen) atoms. The summed E-state index contributed by atoms with van der Waals surface area (Å²) in [4.78, 5) is 11.1. The van der Waals surface area contributed by atoms with Crippen molar-refractivity contribution in [2.24, 2.45) is 0 Å². The lowest BCUT2D eigenvalue weighted by Crippen LogP contribution is -2.39. The number of hydrogen-bond acceptors (Lipinski definition) is 6. The Morgan fingerprint density at radius 2 is 2.21 bits per heavy atom. The Hall–Kier alpha value is -1.24. The molecule has 1 fully saturated rings. The maximum atomic E-state index is 5.35. The molecule has 1 aromatic heterocycles. The zero-order chi connectivity index (χ0) is 12.9. The predicted molar refractivity (Wildman–Crippen MR) is 73.2 cm³/mol. The second-order valence-corrected chi connectivity index (χ2v) is 4.96. The molecule has 3 rings (SSSR count). The second-order valence-electron chi connectivity index (χ2n) is 4.96. The zero-order valence-corrected chi connectivity index (χ0v) is 11.2. The van der Waals surface area contributed by atoms with Crippen LogP contribution in [0.2, 0.25) is 0 Å². The Balaban J connectivity index is 1.54. The van der Waals surface area contributed by atoms with Crippen molar-refractivity contribution in [1.82, 2.24) is 20.2 Å². The van der Waals surface area contributed by atoms with Gasteiger partial charge in [0.1, 0.15) is 12.1 Å². The number of fused-ring (bicyclic) bond motifs is 1. The van der Waals surface area contributed by atoms with Gasteiger partial charge in [-0.15, -0.1) is 0 Å². The van der Waals surface area contributed by atoms with Gasteiger partial charge in [-0.25, -0.2) is 9.97 Å². The number of morpholine rings is 1. The number of aromatic nitrogens is 2. The van der Waals surface area contributed by atoms with Crippen molar-refractivity contribution in [2.75, 3.05) is 51.3 Å². The molecular weight excluding hydrogens is 242 g/mol. The SMILES string of the molecule is c1nc2c(c(NCCN3CCOCC3)n1)CNCC2. The smallest absolute Gasteiger partial charge is 0.134 e. The van der Waals surface area contributed by atoms with Crippen molar-refractivity contribution in [1.29, 1.82) is 0 Å². The summed E-state index contributed by atoms with van der Waals surface area (Å²) in [6.45, 7) is 7.61. The molecule has 0 radical (unpaired) electrons. The van der Waals surface area contributed by atoms with Gasteiger partial charge in [-0.05, 0) is 0 Å². The highest BCUT2D eigenvalue weighted by molar-refractivity contribution is 5.46. The van der Waals surface area contributed by atoms with Gasteiger partial charge >= 0.3 is 0 Å². The van der Waals surface area contributed by atoms with E-state index in [0.717, 1.165) is 64.7 Å². The van der Waals surface area contributed by atoms with E-state index >= 15 is 0 Å². The summed E-state index contributed by atoms with van der Waals surface area (Å²) in [5.74, 6) is 0.991. The molecule has 1 saturated heterocycles. The quantitative estimate of drug-likeness (QED) is 0.789. The van der Waals surface area contributed by atoms with E-state index in [4.69, 9.17) is 4.74 Å². The van der Waals surface area contributed by atoms with Crippen LogP contribution < -0.4 is 10.6 Å². The first-order valence-corrected chi connectivity index (χ1v) is 7.01. The summed E-state index contributed by atoms with van der Waals surface area (Å²) in [5.41, 5.74) is 2.42. The largest absolute Gasteiger partial charge is 0.379 e. The monoisotopic (exact) mass is 263 g/mol. The topological polar surface area (TPSA) is 62.3 Å². The van der Waals surface area contributed by atoms with Crippen LogP contribution in [-0.2, 0) is 17.7 Å². The number of anilines is 1. The Kier molecular flexibility index (Phi) is 4.22. The molecule has 2 aliphatic heterocycles. The van der Waals surface area contributed by atoms with Crippen LogP contribution >= 0.6 is 0 Å². The van der Waals surface area contributed by atoms with E-state index in [-0.39, 0.29) is 0 Å². The molecule has 2 aliphatic rings. The summed E-state index contributed by atoms with van der Waals surface area (Å²) in [7, 11) is 0. The van der Waals surface area contributed by atoms with Crippen LogP contribution in [-0.4, -0.2) is 60.8 Å². The molecule has 1 aromatic rings. The number of nitrogens with zero attached hydrogens (tertiary/aromatic N) is 3. The predicted octanol–water partition coefficient (Wildman–Crippen LogP) is -0.134. The maximum Gasteiger partial charge on any atom is 0.134 e. The number of ether oxygens (including phenoxy) is 1. The molecule has 2 N–H and O–H groups in total. The third-order valence-electron chi connectivity index (χ3n) is 3.70. The van der Waals surface area contributed by atoms with Gasteiger partial charge in [-0.1, -0.05) is 0 Å². The highest BCUT2D eigenvalue weighted by Crippen LogP contribution is 2.18. The molecule has 0 bridgehead atoms. The average Bonchev–Trinajstić information content (AvgIpc) is 2.49. The highest BCUT2D eigenvalue weighted by Gasteiger charge is 2.15. The van der Waals surface area contributed by atoms with Crippen LogP contribution in [0.15, 0.2) is 6.33 Å². The molecule has 0 aromatic carbocycles. The summed E-state index contributed by atoms with van der Waals surface area (Å²) < 4.78 is 5.35. The van der Waals surface area contributed by atoms with Crippen molar-refractivity contribution < 1.29 is 4.74 Å². The standard InChI is InChI=1S/C13H21N5O/c1-2-14-9-11-12(1)16-10-17-13(11)15-3-4-18-5-7-19-8-6-18/h10,14H,1-9H2,(H,15,16,17). The molecule has 0 aliphatic carbocycles. The fourth-order valence-corrected chi connectivity index (χ4v) is 2.58. The van der Waals surface area contributed by atoms with E-state index in [2.05, 4.69) is 25.5 Å². The molecule has 104 valence electrons. The Bertz CT molecular complexity index is 419. The van der Waals surface area contributed by atoms with Gasteiger partial charge in [0.05, 0.1) is 18.9 Å². The fourth-order valence-electron chi connectivity index (χ4n) is 2.58. The summed E-state index contributed by atoms with van der Waals surface area (Å²) in [5, 5.41) is 6.82. The molecular formula is C13H21N5O. The molecule has 0 spiro atoms. The molecule has 6 nitrogen and oxygen atoms in total. The van der Waals surface area contributed by atoms with Crippen molar-refractivity contribution >= 4 is 5.82 Å². The van der Waals surface area contributed by atoms with Crippen LogP contribution in [0.1, 0.15) is 11.3 Å². The lowest BCUT2D eigenvalue weighted by Gasteiger charge is -2.27. The lowest BCUT2D eigenvalue weighted by molar-refractivity contribution is 0.0398. The minimum atomic E-state index is 0.854. The third-order valence-corrected chi connectivity index (χ3v) is 3.70. The maximum absolute atomic E-state index is 5.35. The van der Waals surface area contributed by atoms with Gasteiger partial charge in [0.25, 0.3) is 0 Å². The average molecular weight is 263 g/mol. The third kappa shape index (κ3) is 3.20. The van der Waals surface area contributed by atoms with Crippen LogP contribution in [0.5, 0.6) is 0 Å². The highest BCUT2D eigenvalue weighted by atomic mass is 16.5. The molecule has 0 saturated carbocycles. The van der Waals surface area contributed by atoms with Gasteiger partial charge < -0.3 is 15.4 Å².